The maximum Gasteiger partial charge on any atom is 0.0475 e. The molecule has 0 radical (unpaired) electrons. The van der Waals surface area contributed by atoms with E-state index in [9.17, 15) is 0 Å². The minimum absolute atomic E-state index is 0.375. The van der Waals surface area contributed by atoms with Crippen LogP contribution in [-0.4, -0.2) is 23.4 Å². The minimum atomic E-state index is 0.375. The molecule has 0 N–H and O–H groups in total. The van der Waals surface area contributed by atoms with Gasteiger partial charge in [-0.1, -0.05) is 0 Å². The number of rotatable bonds is 2. The first-order valence-electron chi connectivity index (χ1n) is 4.64. The zero-order chi connectivity index (χ0) is 9.26. The number of halogens is 1. The average Bonchev–Trinajstić information content (AvgIpc) is 2.62. The van der Waals surface area contributed by atoms with Gasteiger partial charge in [0.2, 0.25) is 0 Å². The first-order valence-corrected chi connectivity index (χ1v) is 5.96. The predicted octanol–water partition coefficient (Wildman–Crippen LogP) is 2.87. The molecule has 0 aromatic carbocycles. The highest BCUT2D eigenvalue weighted by Crippen LogP contribution is 2.20. The van der Waals surface area contributed by atoms with E-state index in [4.69, 9.17) is 11.6 Å². The van der Waals surface area contributed by atoms with Crippen LogP contribution in [0.25, 0.3) is 0 Å². The molecule has 1 atom stereocenters. The average molecular weight is 216 g/mol. The van der Waals surface area contributed by atoms with Crippen LogP contribution in [0.2, 0.25) is 0 Å². The monoisotopic (exact) mass is 215 g/mol. The summed E-state index contributed by atoms with van der Waals surface area (Å²) in [6.07, 6.45) is 1.14. The molecule has 1 unspecified atom stereocenters. The Labute approximate surface area is 88.3 Å². The highest BCUT2D eigenvalue weighted by Gasteiger charge is 2.20. The molecular formula is C10H14ClNS. The molecule has 1 aromatic heterocycles. The second-order valence-electron chi connectivity index (χ2n) is 3.69. The van der Waals surface area contributed by atoms with Gasteiger partial charge in [0.15, 0.2) is 0 Å². The summed E-state index contributed by atoms with van der Waals surface area (Å²) in [6.45, 7) is 5.44. The molecule has 1 nitrogen and oxygen atoms in total. The van der Waals surface area contributed by atoms with Gasteiger partial charge in [-0.25, -0.2) is 0 Å². The van der Waals surface area contributed by atoms with Crippen molar-refractivity contribution in [3.63, 3.8) is 0 Å². The second kappa shape index (κ2) is 3.99. The zero-order valence-electron chi connectivity index (χ0n) is 7.79. The summed E-state index contributed by atoms with van der Waals surface area (Å²) in [5, 5.41) is 2.62. The molecule has 0 aliphatic carbocycles. The number of thiophene rings is 1. The fourth-order valence-corrected chi connectivity index (χ4v) is 2.76. The Morgan fingerprint density at radius 1 is 1.69 bits per heavy atom. The summed E-state index contributed by atoms with van der Waals surface area (Å²) in [5.74, 6) is 0. The van der Waals surface area contributed by atoms with E-state index in [0.29, 0.717) is 5.38 Å². The van der Waals surface area contributed by atoms with Gasteiger partial charge in [0, 0.05) is 23.3 Å². The maximum absolute atomic E-state index is 6.04. The van der Waals surface area contributed by atoms with Crippen LogP contribution in [-0.2, 0) is 6.54 Å². The molecule has 3 heteroatoms. The van der Waals surface area contributed by atoms with E-state index < -0.39 is 0 Å². The van der Waals surface area contributed by atoms with Crippen LogP contribution < -0.4 is 0 Å². The summed E-state index contributed by atoms with van der Waals surface area (Å²) in [7, 11) is 0. The van der Waals surface area contributed by atoms with Crippen molar-refractivity contribution in [2.24, 2.45) is 0 Å². The third-order valence-corrected chi connectivity index (χ3v) is 3.67. The van der Waals surface area contributed by atoms with Crippen molar-refractivity contribution in [1.82, 2.24) is 4.90 Å². The molecule has 0 amide bonds. The Morgan fingerprint density at radius 2 is 2.54 bits per heavy atom. The SMILES string of the molecule is Cc1cc(CN2CCC(Cl)C2)cs1. The van der Waals surface area contributed by atoms with Crippen molar-refractivity contribution < 1.29 is 0 Å². The van der Waals surface area contributed by atoms with Crippen molar-refractivity contribution >= 4 is 22.9 Å². The normalized spacial score (nSPS) is 24.0. The largest absolute Gasteiger partial charge is 0.298 e. The molecule has 0 saturated carbocycles. The predicted molar refractivity (Wildman–Crippen MR) is 58.6 cm³/mol. The summed E-state index contributed by atoms with van der Waals surface area (Å²) in [6, 6.07) is 2.27. The quantitative estimate of drug-likeness (QED) is 0.686. The highest BCUT2D eigenvalue weighted by molar-refractivity contribution is 7.10. The molecule has 1 fully saturated rings. The lowest BCUT2D eigenvalue weighted by molar-refractivity contribution is 0.332. The number of aryl methyl sites for hydroxylation is 1. The van der Waals surface area contributed by atoms with Gasteiger partial charge in [-0.15, -0.1) is 22.9 Å². The lowest BCUT2D eigenvalue weighted by Gasteiger charge is -2.12. The number of hydrogen-bond acceptors (Lipinski definition) is 2. The molecule has 1 saturated heterocycles. The van der Waals surface area contributed by atoms with E-state index in [1.165, 1.54) is 10.4 Å². The van der Waals surface area contributed by atoms with Gasteiger partial charge < -0.3 is 0 Å². The van der Waals surface area contributed by atoms with Crippen LogP contribution >= 0.6 is 22.9 Å². The van der Waals surface area contributed by atoms with Gasteiger partial charge in [-0.2, -0.15) is 0 Å². The van der Waals surface area contributed by atoms with Gasteiger partial charge in [0.25, 0.3) is 0 Å². The zero-order valence-corrected chi connectivity index (χ0v) is 9.37. The van der Waals surface area contributed by atoms with Gasteiger partial charge in [-0.3, -0.25) is 4.90 Å². The van der Waals surface area contributed by atoms with Crippen molar-refractivity contribution in [2.75, 3.05) is 13.1 Å². The molecule has 72 valence electrons. The van der Waals surface area contributed by atoms with E-state index in [1.54, 1.807) is 0 Å². The van der Waals surface area contributed by atoms with Crippen LogP contribution in [0.15, 0.2) is 11.4 Å². The third kappa shape index (κ3) is 2.46. The van der Waals surface area contributed by atoms with Crippen LogP contribution in [0.5, 0.6) is 0 Å². The number of hydrogen-bond donors (Lipinski definition) is 0. The molecule has 13 heavy (non-hydrogen) atoms. The summed E-state index contributed by atoms with van der Waals surface area (Å²) in [4.78, 5) is 3.83. The van der Waals surface area contributed by atoms with Crippen LogP contribution in [0, 0.1) is 6.92 Å². The Balaban J connectivity index is 1.91. The summed E-state index contributed by atoms with van der Waals surface area (Å²) in [5.41, 5.74) is 1.44. The first kappa shape index (κ1) is 9.50. The Hall–Kier alpha value is -0.0500. The molecule has 1 aliphatic heterocycles. The molecule has 1 aliphatic rings. The fourth-order valence-electron chi connectivity index (χ4n) is 1.77. The lowest BCUT2D eigenvalue weighted by atomic mass is 10.3. The van der Waals surface area contributed by atoms with Crippen molar-refractivity contribution in [3.05, 3.63) is 21.9 Å². The van der Waals surface area contributed by atoms with E-state index in [1.807, 2.05) is 11.3 Å². The van der Waals surface area contributed by atoms with Crippen molar-refractivity contribution in [2.45, 2.75) is 25.3 Å². The molecule has 2 heterocycles. The van der Waals surface area contributed by atoms with E-state index in [0.717, 1.165) is 26.1 Å². The van der Waals surface area contributed by atoms with Crippen molar-refractivity contribution in [3.8, 4) is 0 Å². The van der Waals surface area contributed by atoms with Crippen molar-refractivity contribution in [1.29, 1.82) is 0 Å². The van der Waals surface area contributed by atoms with Crippen LogP contribution in [0.3, 0.4) is 0 Å². The molecule has 0 bridgehead atoms. The van der Waals surface area contributed by atoms with Crippen LogP contribution in [0.1, 0.15) is 16.9 Å². The van der Waals surface area contributed by atoms with E-state index in [-0.39, 0.29) is 0 Å². The van der Waals surface area contributed by atoms with Gasteiger partial charge in [-0.05, 0) is 36.9 Å². The fraction of sp³-hybridized carbons (Fsp3) is 0.600. The summed E-state index contributed by atoms with van der Waals surface area (Å²) < 4.78 is 0. The van der Waals surface area contributed by atoms with E-state index >= 15 is 0 Å². The molecular weight excluding hydrogens is 202 g/mol. The lowest BCUT2D eigenvalue weighted by Crippen LogP contribution is -2.19. The third-order valence-electron chi connectivity index (χ3n) is 2.41. The number of likely N-dealkylation sites (tertiary alicyclic amines) is 1. The standard InChI is InChI=1S/C10H14ClNS/c1-8-4-9(7-13-8)5-12-3-2-10(11)6-12/h4,7,10H,2-3,5-6H2,1H3. The number of alkyl halides is 1. The molecule has 1 aromatic rings. The number of nitrogens with zero attached hydrogens (tertiary/aromatic N) is 1. The summed E-state index contributed by atoms with van der Waals surface area (Å²) >= 11 is 7.87. The van der Waals surface area contributed by atoms with Gasteiger partial charge >= 0.3 is 0 Å². The molecule has 2 rings (SSSR count). The van der Waals surface area contributed by atoms with E-state index in [2.05, 4.69) is 23.3 Å². The maximum atomic E-state index is 6.04. The first-order chi connectivity index (χ1) is 6.24. The van der Waals surface area contributed by atoms with Gasteiger partial charge in [0.05, 0.1) is 0 Å². The Morgan fingerprint density at radius 3 is 3.08 bits per heavy atom. The minimum Gasteiger partial charge on any atom is -0.298 e. The highest BCUT2D eigenvalue weighted by atomic mass is 35.5. The van der Waals surface area contributed by atoms with Crippen LogP contribution in [0.4, 0.5) is 0 Å². The van der Waals surface area contributed by atoms with Gasteiger partial charge in [0.1, 0.15) is 0 Å². The second-order valence-corrected chi connectivity index (χ2v) is 5.42. The topological polar surface area (TPSA) is 3.24 Å². The Bertz CT molecular complexity index is 284. The smallest absolute Gasteiger partial charge is 0.0475 e. The Kier molecular flexibility index (Phi) is 2.92. The molecule has 0 spiro atoms.